The van der Waals surface area contributed by atoms with E-state index in [4.69, 9.17) is 13.3 Å². The lowest BCUT2D eigenvalue weighted by atomic mass is 10.0. The summed E-state index contributed by atoms with van der Waals surface area (Å²) >= 11 is 10.7. The highest BCUT2D eigenvalue weighted by Gasteiger charge is 2.39. The van der Waals surface area contributed by atoms with Crippen molar-refractivity contribution in [2.24, 2.45) is 0 Å². The maximum atomic E-state index is 5.94. The Bertz CT molecular complexity index is 365. The Morgan fingerprint density at radius 2 is 0.774 bits per heavy atom. The number of rotatable bonds is 23. The second-order valence-electron chi connectivity index (χ2n) is 8.40. The summed E-state index contributed by atoms with van der Waals surface area (Å²) in [5.41, 5.74) is 0. The van der Waals surface area contributed by atoms with E-state index in [0.717, 1.165) is 18.9 Å². The zero-order chi connectivity index (χ0) is 23.3. The molecule has 0 N–H and O–H groups in total. The standard InChI is InChI=1S/C24H49Br3O3Si/c1-4-28-31(29-5-2,30-6-3)23-21-19-17-15-13-11-9-7-8-10-12-14-16-18-20-22-24(25,26)27/h4-23H2,1-3H3. The van der Waals surface area contributed by atoms with Crippen LogP contribution in [0, 0.1) is 0 Å². The summed E-state index contributed by atoms with van der Waals surface area (Å²) in [6, 6.07) is 0.965. The molecule has 7 heteroatoms. The van der Waals surface area contributed by atoms with E-state index in [2.05, 4.69) is 47.8 Å². The van der Waals surface area contributed by atoms with Gasteiger partial charge in [-0.2, -0.15) is 0 Å². The first-order valence-corrected chi connectivity index (χ1v) is 17.2. The first-order chi connectivity index (χ1) is 14.9. The third-order valence-electron chi connectivity index (χ3n) is 5.54. The Kier molecular flexibility index (Phi) is 23.1. The highest BCUT2D eigenvalue weighted by atomic mass is 80.0. The molecule has 0 aliphatic rings. The molecule has 0 unspecified atom stereocenters. The van der Waals surface area contributed by atoms with Gasteiger partial charge in [0.1, 0.15) is 2.14 Å². The van der Waals surface area contributed by atoms with Crippen molar-refractivity contribution in [3.63, 3.8) is 0 Å². The molecule has 0 aromatic rings. The zero-order valence-electron chi connectivity index (χ0n) is 20.5. The van der Waals surface area contributed by atoms with Gasteiger partial charge in [0, 0.05) is 25.9 Å². The van der Waals surface area contributed by atoms with Crippen molar-refractivity contribution in [1.29, 1.82) is 0 Å². The number of halogens is 3. The van der Waals surface area contributed by atoms with Gasteiger partial charge in [0.05, 0.1) is 0 Å². The van der Waals surface area contributed by atoms with Crippen LogP contribution in [-0.4, -0.2) is 30.8 Å². The fourth-order valence-electron chi connectivity index (χ4n) is 3.97. The van der Waals surface area contributed by atoms with Gasteiger partial charge in [0.15, 0.2) is 0 Å². The summed E-state index contributed by atoms with van der Waals surface area (Å²) in [7, 11) is -2.42. The lowest BCUT2D eigenvalue weighted by molar-refractivity contribution is 0.0706. The Balaban J connectivity index is 3.44. The predicted molar refractivity (Wildman–Crippen MR) is 149 cm³/mol. The molecular formula is C24H49Br3O3Si. The highest BCUT2D eigenvalue weighted by Crippen LogP contribution is 2.38. The largest absolute Gasteiger partial charge is 0.500 e. The van der Waals surface area contributed by atoms with E-state index in [-0.39, 0.29) is 2.14 Å². The molecule has 0 aliphatic heterocycles. The number of hydrogen-bond acceptors (Lipinski definition) is 3. The van der Waals surface area contributed by atoms with Gasteiger partial charge in [-0.15, -0.1) is 0 Å². The molecule has 3 nitrogen and oxygen atoms in total. The SMILES string of the molecule is CCO[Si](CCCCCCCCCCCCCCCCCC(Br)(Br)Br)(OCC)OCC. The fraction of sp³-hybridized carbons (Fsp3) is 1.00. The second-order valence-corrected chi connectivity index (χ2v) is 18.4. The first-order valence-electron chi connectivity index (χ1n) is 12.9. The molecule has 0 spiro atoms. The van der Waals surface area contributed by atoms with Gasteiger partial charge in [-0.1, -0.05) is 138 Å². The first kappa shape index (κ1) is 32.5. The summed E-state index contributed by atoms with van der Waals surface area (Å²) in [5.74, 6) is 0. The minimum Gasteiger partial charge on any atom is -0.374 e. The second kappa shape index (κ2) is 22.0. The average molecular weight is 653 g/mol. The summed E-state index contributed by atoms with van der Waals surface area (Å²) < 4.78 is 17.8. The lowest BCUT2D eigenvalue weighted by Crippen LogP contribution is -2.45. The third kappa shape index (κ3) is 21.8. The van der Waals surface area contributed by atoms with E-state index in [1.165, 1.54) is 89.9 Å². The fourth-order valence-corrected chi connectivity index (χ4v) is 7.49. The van der Waals surface area contributed by atoms with Crippen LogP contribution < -0.4 is 0 Å². The highest BCUT2D eigenvalue weighted by molar-refractivity contribution is 9.39. The third-order valence-corrected chi connectivity index (χ3v) is 9.88. The van der Waals surface area contributed by atoms with E-state index in [9.17, 15) is 0 Å². The zero-order valence-corrected chi connectivity index (χ0v) is 26.3. The van der Waals surface area contributed by atoms with Gasteiger partial charge in [0.25, 0.3) is 0 Å². The molecular weight excluding hydrogens is 604 g/mol. The Morgan fingerprint density at radius 3 is 1.06 bits per heavy atom. The number of alkyl halides is 3. The molecule has 31 heavy (non-hydrogen) atoms. The van der Waals surface area contributed by atoms with Crippen LogP contribution in [0.15, 0.2) is 0 Å². The van der Waals surface area contributed by atoms with Crippen molar-refractivity contribution in [2.45, 2.75) is 132 Å². The molecule has 0 heterocycles. The number of unbranched alkanes of at least 4 members (excludes halogenated alkanes) is 14. The minimum absolute atomic E-state index is 0.0444. The van der Waals surface area contributed by atoms with E-state index in [1.807, 2.05) is 20.8 Å². The van der Waals surface area contributed by atoms with Crippen molar-refractivity contribution in [1.82, 2.24) is 0 Å². The normalized spacial score (nSPS) is 12.6. The maximum absolute atomic E-state index is 5.94. The minimum atomic E-state index is -2.42. The van der Waals surface area contributed by atoms with Crippen molar-refractivity contribution >= 4 is 56.6 Å². The van der Waals surface area contributed by atoms with Crippen LogP contribution in [0.5, 0.6) is 0 Å². The summed E-state index contributed by atoms with van der Waals surface area (Å²) in [5, 5.41) is 0. The van der Waals surface area contributed by atoms with E-state index >= 15 is 0 Å². The Morgan fingerprint density at radius 1 is 0.484 bits per heavy atom. The van der Waals surface area contributed by atoms with Crippen LogP contribution in [0.25, 0.3) is 0 Å². The maximum Gasteiger partial charge on any atom is 0.500 e. The number of hydrogen-bond donors (Lipinski definition) is 0. The smallest absolute Gasteiger partial charge is 0.374 e. The molecule has 0 aromatic carbocycles. The van der Waals surface area contributed by atoms with Crippen LogP contribution in [0.1, 0.15) is 124 Å². The van der Waals surface area contributed by atoms with Gasteiger partial charge in [-0.25, -0.2) is 0 Å². The topological polar surface area (TPSA) is 27.7 Å². The van der Waals surface area contributed by atoms with E-state index < -0.39 is 8.80 Å². The molecule has 0 rings (SSSR count). The molecule has 0 atom stereocenters. The van der Waals surface area contributed by atoms with Crippen molar-refractivity contribution in [2.75, 3.05) is 19.8 Å². The molecule has 0 radical (unpaired) electrons. The van der Waals surface area contributed by atoms with Gasteiger partial charge in [-0.3, -0.25) is 0 Å². The van der Waals surface area contributed by atoms with Gasteiger partial charge in [-0.05, 0) is 33.6 Å². The molecule has 0 saturated carbocycles. The van der Waals surface area contributed by atoms with E-state index in [1.54, 1.807) is 0 Å². The van der Waals surface area contributed by atoms with Crippen LogP contribution in [0.2, 0.25) is 6.04 Å². The summed E-state index contributed by atoms with van der Waals surface area (Å²) in [6.45, 7) is 8.14. The van der Waals surface area contributed by atoms with E-state index in [0.29, 0.717) is 19.8 Å². The molecule has 0 saturated heterocycles. The molecule has 0 amide bonds. The monoisotopic (exact) mass is 650 g/mol. The molecule has 0 fully saturated rings. The Labute approximate surface area is 220 Å². The van der Waals surface area contributed by atoms with Gasteiger partial charge in [0.2, 0.25) is 0 Å². The molecule has 0 aromatic heterocycles. The summed E-state index contributed by atoms with van der Waals surface area (Å²) in [4.78, 5) is 0. The van der Waals surface area contributed by atoms with Crippen LogP contribution in [-0.2, 0) is 13.3 Å². The molecule has 188 valence electrons. The summed E-state index contributed by atoms with van der Waals surface area (Å²) in [6.07, 6.45) is 21.5. The van der Waals surface area contributed by atoms with Crippen molar-refractivity contribution in [3.05, 3.63) is 0 Å². The molecule has 0 bridgehead atoms. The molecule has 0 aliphatic carbocycles. The van der Waals surface area contributed by atoms with Crippen LogP contribution in [0.3, 0.4) is 0 Å². The average Bonchev–Trinajstić information content (AvgIpc) is 2.70. The van der Waals surface area contributed by atoms with Crippen LogP contribution >= 0.6 is 47.8 Å². The lowest BCUT2D eigenvalue weighted by Gasteiger charge is -2.28. The van der Waals surface area contributed by atoms with Gasteiger partial charge < -0.3 is 13.3 Å². The van der Waals surface area contributed by atoms with Crippen molar-refractivity contribution in [3.8, 4) is 0 Å². The predicted octanol–water partition coefficient (Wildman–Crippen LogP) is 10.1. The Hall–Kier alpha value is 1.54. The van der Waals surface area contributed by atoms with Crippen LogP contribution in [0.4, 0.5) is 0 Å². The quantitative estimate of drug-likeness (QED) is 0.0624. The van der Waals surface area contributed by atoms with Crippen molar-refractivity contribution < 1.29 is 13.3 Å². The van der Waals surface area contributed by atoms with Gasteiger partial charge >= 0.3 is 8.80 Å².